The summed E-state index contributed by atoms with van der Waals surface area (Å²) >= 11 is 0. The molecule has 3 aliphatic heterocycles. The summed E-state index contributed by atoms with van der Waals surface area (Å²) in [6, 6.07) is 2.61. The van der Waals surface area contributed by atoms with E-state index in [0.29, 0.717) is 36.8 Å². The van der Waals surface area contributed by atoms with Crippen molar-refractivity contribution in [2.75, 3.05) is 22.9 Å². The molecule has 2 aromatic rings. The number of rotatable bonds is 3. The molecule has 5 heterocycles. The lowest BCUT2D eigenvalue weighted by Gasteiger charge is -2.57. The Labute approximate surface area is 147 Å². The predicted molar refractivity (Wildman–Crippen MR) is 87.5 cm³/mol. The van der Waals surface area contributed by atoms with E-state index in [-0.39, 0.29) is 12.1 Å². The second-order valence-corrected chi connectivity index (χ2v) is 6.57. The first-order valence-electron chi connectivity index (χ1n) is 8.44. The molecule has 2 atom stereocenters. The highest BCUT2D eigenvalue weighted by molar-refractivity contribution is 5.53. The fourth-order valence-corrected chi connectivity index (χ4v) is 3.73. The van der Waals surface area contributed by atoms with Crippen molar-refractivity contribution < 1.29 is 17.6 Å². The first-order chi connectivity index (χ1) is 12.4. The van der Waals surface area contributed by atoms with Crippen molar-refractivity contribution in [3.8, 4) is 0 Å². The van der Waals surface area contributed by atoms with Gasteiger partial charge in [0, 0.05) is 19.3 Å². The van der Waals surface area contributed by atoms with Gasteiger partial charge in [-0.15, -0.1) is 0 Å². The zero-order chi connectivity index (χ0) is 18.5. The molecule has 0 saturated carbocycles. The van der Waals surface area contributed by atoms with Crippen molar-refractivity contribution in [2.24, 2.45) is 0 Å². The summed E-state index contributed by atoms with van der Waals surface area (Å²) in [5.74, 6) is 0.429. The third-order valence-electron chi connectivity index (χ3n) is 5.01. The summed E-state index contributed by atoms with van der Waals surface area (Å²) in [6.07, 6.45) is -0.768. The second-order valence-electron chi connectivity index (χ2n) is 6.57. The summed E-state index contributed by atoms with van der Waals surface area (Å²) in [6.45, 7) is 2.94. The van der Waals surface area contributed by atoms with Crippen molar-refractivity contribution in [3.63, 3.8) is 0 Å². The lowest BCUT2D eigenvalue weighted by molar-refractivity contribution is -0.137. The van der Waals surface area contributed by atoms with Gasteiger partial charge in [0.05, 0.1) is 23.3 Å². The maximum Gasteiger partial charge on any atom is 0.417 e. The number of anilines is 2. The van der Waals surface area contributed by atoms with E-state index in [1.807, 2.05) is 16.7 Å². The van der Waals surface area contributed by atoms with E-state index in [1.54, 1.807) is 0 Å². The van der Waals surface area contributed by atoms with Crippen LogP contribution in [0.5, 0.6) is 0 Å². The van der Waals surface area contributed by atoms with E-state index < -0.39 is 17.6 Å². The Balaban J connectivity index is 1.51. The molecule has 0 N–H and O–H groups in total. The highest BCUT2D eigenvalue weighted by Crippen LogP contribution is 2.38. The molecule has 2 aromatic heterocycles. The van der Waals surface area contributed by atoms with Gasteiger partial charge in [-0.25, -0.2) is 19.3 Å². The summed E-state index contributed by atoms with van der Waals surface area (Å²) in [5.41, 5.74) is -0.376. The van der Waals surface area contributed by atoms with E-state index in [4.69, 9.17) is 0 Å². The first-order valence-corrected chi connectivity index (χ1v) is 8.44. The van der Waals surface area contributed by atoms with Gasteiger partial charge in [-0.2, -0.15) is 13.2 Å². The van der Waals surface area contributed by atoms with Crippen molar-refractivity contribution >= 4 is 11.6 Å². The fraction of sp³-hybridized carbons (Fsp3) is 0.471. The molecule has 5 nitrogen and oxygen atoms in total. The Bertz CT molecular complexity index is 796. The van der Waals surface area contributed by atoms with Crippen LogP contribution < -0.4 is 9.80 Å². The minimum absolute atomic E-state index is 0.0810. The van der Waals surface area contributed by atoms with Gasteiger partial charge < -0.3 is 9.80 Å². The molecular weight excluding hydrogens is 350 g/mol. The Morgan fingerprint density at radius 2 is 1.85 bits per heavy atom. The van der Waals surface area contributed by atoms with Crippen LogP contribution in [0.4, 0.5) is 29.2 Å². The maximum atomic E-state index is 14.5. The number of alkyl halides is 3. The van der Waals surface area contributed by atoms with Gasteiger partial charge in [0.15, 0.2) is 11.6 Å². The number of hydrogen-bond donors (Lipinski definition) is 0. The van der Waals surface area contributed by atoms with Gasteiger partial charge >= 0.3 is 6.18 Å². The van der Waals surface area contributed by atoms with Crippen LogP contribution >= 0.6 is 0 Å². The fourth-order valence-electron chi connectivity index (χ4n) is 3.73. The predicted octanol–water partition coefficient (Wildman–Crippen LogP) is 3.06. The molecule has 2 bridgehead atoms. The topological polar surface area (TPSA) is 45.2 Å². The average Bonchev–Trinajstić information content (AvgIpc) is 2.61. The molecule has 138 valence electrons. The van der Waals surface area contributed by atoms with E-state index in [2.05, 4.69) is 15.0 Å². The lowest BCUT2D eigenvalue weighted by atomic mass is 9.87. The maximum absolute atomic E-state index is 14.5. The van der Waals surface area contributed by atoms with E-state index in [1.165, 1.54) is 12.4 Å². The van der Waals surface area contributed by atoms with Crippen LogP contribution in [0.25, 0.3) is 0 Å². The molecule has 0 aromatic carbocycles. The monoisotopic (exact) mass is 367 g/mol. The molecule has 0 spiro atoms. The van der Waals surface area contributed by atoms with Gasteiger partial charge in [-0.3, -0.25) is 0 Å². The minimum atomic E-state index is -4.39. The van der Waals surface area contributed by atoms with E-state index in [0.717, 1.165) is 18.7 Å². The highest BCUT2D eigenvalue weighted by Gasteiger charge is 2.46. The zero-order valence-corrected chi connectivity index (χ0v) is 14.0. The molecule has 0 aliphatic carbocycles. The van der Waals surface area contributed by atoms with Crippen LogP contribution in [-0.4, -0.2) is 40.1 Å². The number of pyridine rings is 1. The van der Waals surface area contributed by atoms with Crippen LogP contribution in [0, 0.1) is 5.82 Å². The van der Waals surface area contributed by atoms with Crippen LogP contribution in [0.15, 0.2) is 24.7 Å². The average molecular weight is 367 g/mol. The number of nitrogens with zero attached hydrogens (tertiary/aromatic N) is 5. The number of aromatic nitrogens is 3. The van der Waals surface area contributed by atoms with Crippen molar-refractivity contribution in [1.82, 2.24) is 15.0 Å². The van der Waals surface area contributed by atoms with Crippen molar-refractivity contribution in [3.05, 3.63) is 41.7 Å². The Morgan fingerprint density at radius 1 is 1.12 bits per heavy atom. The molecule has 2 unspecified atom stereocenters. The molecule has 3 saturated heterocycles. The standard InChI is InChI=1S/C17H17F4N5/c1-2-13-15(18)16(24-9-23-13)25-7-11-5-12(8-25)26(11)14-4-3-10(6-22-14)17(19,20)21/h3-4,6,9,11-12H,2,5,7-8H2,1H3. The van der Waals surface area contributed by atoms with Gasteiger partial charge in [0.1, 0.15) is 12.1 Å². The van der Waals surface area contributed by atoms with Gasteiger partial charge in [-0.1, -0.05) is 6.92 Å². The number of aryl methyl sites for hydroxylation is 1. The summed E-state index contributed by atoms with van der Waals surface area (Å²) in [4.78, 5) is 15.9. The first kappa shape index (κ1) is 17.0. The highest BCUT2D eigenvalue weighted by atomic mass is 19.4. The number of halogens is 4. The second kappa shape index (κ2) is 6.07. The summed E-state index contributed by atoms with van der Waals surface area (Å²) in [5, 5.41) is 0. The van der Waals surface area contributed by atoms with Gasteiger partial charge in [0.2, 0.25) is 0 Å². The molecule has 0 amide bonds. The van der Waals surface area contributed by atoms with Crippen LogP contribution in [-0.2, 0) is 12.6 Å². The largest absolute Gasteiger partial charge is 0.417 e. The van der Waals surface area contributed by atoms with Crippen LogP contribution in [0.2, 0.25) is 0 Å². The number of piperidine rings is 1. The van der Waals surface area contributed by atoms with Gasteiger partial charge in [0.25, 0.3) is 0 Å². The van der Waals surface area contributed by atoms with Crippen molar-refractivity contribution in [2.45, 2.75) is 38.0 Å². The quantitative estimate of drug-likeness (QED) is 0.781. The molecule has 3 aliphatic rings. The molecule has 5 rings (SSSR count). The van der Waals surface area contributed by atoms with Gasteiger partial charge in [-0.05, 0) is 25.0 Å². The zero-order valence-electron chi connectivity index (χ0n) is 14.0. The van der Waals surface area contributed by atoms with E-state index >= 15 is 0 Å². The molecule has 0 radical (unpaired) electrons. The Morgan fingerprint density at radius 3 is 2.42 bits per heavy atom. The SMILES string of the molecule is CCc1ncnc(N2CC3CC(C2)N3c2ccc(C(F)(F)F)cn2)c1F. The Kier molecular flexibility index (Phi) is 3.96. The molecular formula is C17H17F4N5. The number of hydrogen-bond acceptors (Lipinski definition) is 5. The summed E-state index contributed by atoms with van der Waals surface area (Å²) in [7, 11) is 0. The number of fused-ring (bicyclic) bond motifs is 2. The third-order valence-corrected chi connectivity index (χ3v) is 5.01. The Hall–Kier alpha value is -2.45. The normalized spacial score (nSPS) is 22.3. The van der Waals surface area contributed by atoms with Crippen molar-refractivity contribution in [1.29, 1.82) is 0 Å². The smallest absolute Gasteiger partial charge is 0.350 e. The molecule has 9 heteroatoms. The lowest BCUT2D eigenvalue weighted by Crippen LogP contribution is -2.69. The van der Waals surface area contributed by atoms with Crippen LogP contribution in [0.1, 0.15) is 24.6 Å². The van der Waals surface area contributed by atoms with E-state index in [9.17, 15) is 17.6 Å². The third kappa shape index (κ3) is 2.75. The minimum Gasteiger partial charge on any atom is -0.350 e. The molecule has 3 fully saturated rings. The van der Waals surface area contributed by atoms with Crippen LogP contribution in [0.3, 0.4) is 0 Å². The summed E-state index contributed by atoms with van der Waals surface area (Å²) < 4.78 is 52.5. The molecule has 26 heavy (non-hydrogen) atoms. The number of piperazine rings is 1.